The van der Waals surface area contributed by atoms with Crippen LogP contribution in [0.2, 0.25) is 0 Å². The number of rotatable bonds is 5. The first kappa shape index (κ1) is 17.9. The summed E-state index contributed by atoms with van der Waals surface area (Å²) in [6.45, 7) is 0. The van der Waals surface area contributed by atoms with E-state index in [0.717, 1.165) is 23.2 Å². The maximum absolute atomic E-state index is 11.9. The second kappa shape index (κ2) is 6.90. The van der Waals surface area contributed by atoms with Gasteiger partial charge in [-0.1, -0.05) is 18.2 Å². The molecule has 0 bridgehead atoms. The van der Waals surface area contributed by atoms with E-state index in [-0.39, 0.29) is 4.90 Å². The Hall–Kier alpha value is -3.52. The van der Waals surface area contributed by atoms with Gasteiger partial charge in [0.1, 0.15) is 6.29 Å². The molecule has 0 aliphatic heterocycles. The van der Waals surface area contributed by atoms with Crippen LogP contribution in [0.1, 0.15) is 10.4 Å². The zero-order valence-electron chi connectivity index (χ0n) is 14.9. The summed E-state index contributed by atoms with van der Waals surface area (Å²) >= 11 is 0. The van der Waals surface area contributed by atoms with Crippen molar-refractivity contribution in [2.45, 2.75) is 4.90 Å². The summed E-state index contributed by atoms with van der Waals surface area (Å²) < 4.78 is 25.4. The van der Waals surface area contributed by atoms with Crippen LogP contribution in [0.15, 0.2) is 71.6 Å². The zero-order chi connectivity index (χ0) is 19.7. The van der Waals surface area contributed by atoms with Gasteiger partial charge in [0.15, 0.2) is 15.5 Å². The quantitative estimate of drug-likeness (QED) is 0.524. The molecule has 0 aliphatic carbocycles. The van der Waals surface area contributed by atoms with E-state index < -0.39 is 9.84 Å². The second-order valence-electron chi connectivity index (χ2n) is 6.28. The normalized spacial score (nSPS) is 11.5. The van der Waals surface area contributed by atoms with Crippen LogP contribution in [0.3, 0.4) is 0 Å². The van der Waals surface area contributed by atoms with Crippen LogP contribution in [-0.2, 0) is 9.84 Å². The Morgan fingerprint density at radius 2 is 1.75 bits per heavy atom. The molecule has 4 aromatic rings. The smallest absolute Gasteiger partial charge is 0.247 e. The molecule has 0 unspecified atom stereocenters. The largest absolute Gasteiger partial charge is 0.323 e. The van der Waals surface area contributed by atoms with E-state index in [0.29, 0.717) is 17.2 Å². The number of nitrogens with zero attached hydrogens (tertiary/aromatic N) is 3. The molecule has 0 fully saturated rings. The lowest BCUT2D eigenvalue weighted by Crippen LogP contribution is -1.99. The van der Waals surface area contributed by atoms with Crippen LogP contribution in [-0.4, -0.2) is 35.6 Å². The summed E-state index contributed by atoms with van der Waals surface area (Å²) in [7, 11) is -3.31. The van der Waals surface area contributed by atoms with Gasteiger partial charge in [-0.15, -0.1) is 5.10 Å². The number of carbonyl (C=O) groups is 1. The first-order chi connectivity index (χ1) is 13.4. The van der Waals surface area contributed by atoms with Gasteiger partial charge in [0, 0.05) is 23.1 Å². The maximum atomic E-state index is 11.9. The lowest BCUT2D eigenvalue weighted by atomic mass is 10.1. The minimum Gasteiger partial charge on any atom is -0.323 e. The molecular weight excluding hydrogens is 376 g/mol. The van der Waals surface area contributed by atoms with Gasteiger partial charge in [-0.2, -0.15) is 4.98 Å². The average molecular weight is 392 g/mol. The number of anilines is 2. The fraction of sp³-hybridized carbons (Fsp3) is 0.0500. The summed E-state index contributed by atoms with van der Waals surface area (Å²) in [6, 6.07) is 19.2. The van der Waals surface area contributed by atoms with Crippen molar-refractivity contribution in [3.63, 3.8) is 0 Å². The number of sulfone groups is 1. The summed E-state index contributed by atoms with van der Waals surface area (Å²) in [5, 5.41) is 7.60. The predicted octanol–water partition coefficient (Wildman–Crippen LogP) is 3.36. The molecular formula is C20H16N4O3S. The van der Waals surface area contributed by atoms with E-state index in [1.807, 2.05) is 24.3 Å². The lowest BCUT2D eigenvalue weighted by Gasteiger charge is -2.06. The van der Waals surface area contributed by atoms with E-state index >= 15 is 0 Å². The Morgan fingerprint density at radius 1 is 1.00 bits per heavy atom. The summed E-state index contributed by atoms with van der Waals surface area (Å²) in [5.74, 6) is 0.394. The van der Waals surface area contributed by atoms with Crippen LogP contribution in [0.25, 0.3) is 16.9 Å². The van der Waals surface area contributed by atoms with Gasteiger partial charge in [-0.3, -0.25) is 4.79 Å². The monoisotopic (exact) mass is 392 g/mol. The minimum atomic E-state index is -3.31. The number of nitrogens with one attached hydrogen (secondary N) is 1. The molecule has 140 valence electrons. The van der Waals surface area contributed by atoms with Gasteiger partial charge < -0.3 is 5.32 Å². The van der Waals surface area contributed by atoms with Crippen LogP contribution in [0.4, 0.5) is 11.6 Å². The number of benzene rings is 2. The molecule has 0 spiro atoms. The molecule has 2 heterocycles. The van der Waals surface area contributed by atoms with Gasteiger partial charge in [-0.25, -0.2) is 12.9 Å². The number of pyridine rings is 1. The van der Waals surface area contributed by atoms with Crippen molar-refractivity contribution < 1.29 is 13.2 Å². The zero-order valence-corrected chi connectivity index (χ0v) is 15.7. The highest BCUT2D eigenvalue weighted by molar-refractivity contribution is 7.90. The third-order valence-electron chi connectivity index (χ3n) is 4.22. The number of fused-ring (bicyclic) bond motifs is 1. The fourth-order valence-corrected chi connectivity index (χ4v) is 3.50. The van der Waals surface area contributed by atoms with E-state index in [2.05, 4.69) is 15.4 Å². The molecule has 2 aromatic heterocycles. The summed E-state index contributed by atoms with van der Waals surface area (Å²) in [6.07, 6.45) is 1.96. The lowest BCUT2D eigenvalue weighted by molar-refractivity contribution is 0.112. The molecule has 2 aromatic carbocycles. The average Bonchev–Trinajstić information content (AvgIpc) is 3.10. The molecule has 0 amide bonds. The molecule has 7 nitrogen and oxygen atoms in total. The van der Waals surface area contributed by atoms with Crippen molar-refractivity contribution in [3.8, 4) is 11.3 Å². The molecule has 28 heavy (non-hydrogen) atoms. The Morgan fingerprint density at radius 3 is 2.46 bits per heavy atom. The molecule has 0 saturated carbocycles. The van der Waals surface area contributed by atoms with Crippen LogP contribution in [0, 0.1) is 0 Å². The van der Waals surface area contributed by atoms with Gasteiger partial charge in [0.05, 0.1) is 10.6 Å². The first-order valence-corrected chi connectivity index (χ1v) is 10.3. The molecule has 1 N–H and O–H groups in total. The van der Waals surface area contributed by atoms with Crippen molar-refractivity contribution >= 4 is 33.4 Å². The van der Waals surface area contributed by atoms with Crippen LogP contribution in [0.5, 0.6) is 0 Å². The van der Waals surface area contributed by atoms with Crippen molar-refractivity contribution in [2.75, 3.05) is 11.6 Å². The summed E-state index contributed by atoms with van der Waals surface area (Å²) in [5.41, 5.74) is 3.40. The van der Waals surface area contributed by atoms with Gasteiger partial charge in [-0.05, 0) is 48.5 Å². The van der Waals surface area contributed by atoms with Crippen molar-refractivity contribution in [2.24, 2.45) is 0 Å². The predicted molar refractivity (Wildman–Crippen MR) is 107 cm³/mol. The number of aromatic nitrogens is 3. The molecule has 4 rings (SSSR count). The highest BCUT2D eigenvalue weighted by Gasteiger charge is 2.12. The SMILES string of the molecule is CS(=O)(=O)c1cccc(-c2cccc3nc(Nc4ccc(C=O)cc4)nn23)c1. The Kier molecular flexibility index (Phi) is 4.40. The van der Waals surface area contributed by atoms with E-state index in [1.54, 1.807) is 47.0 Å². The third kappa shape index (κ3) is 3.49. The minimum absolute atomic E-state index is 0.246. The second-order valence-corrected chi connectivity index (χ2v) is 8.30. The Balaban J connectivity index is 1.74. The number of aldehydes is 1. The molecule has 0 saturated heterocycles. The standard InChI is InChI=1S/C20H16N4O3S/c1-28(26,27)17-5-2-4-15(12-17)18-6-3-7-19-22-20(23-24(18)19)21-16-10-8-14(13-25)9-11-16/h2-13H,1H3,(H,21,23). The van der Waals surface area contributed by atoms with Crippen molar-refractivity contribution in [1.29, 1.82) is 0 Å². The Labute approximate surface area is 161 Å². The number of hydrogen-bond acceptors (Lipinski definition) is 6. The number of hydrogen-bond donors (Lipinski definition) is 1. The van der Waals surface area contributed by atoms with Crippen molar-refractivity contribution in [3.05, 3.63) is 72.3 Å². The third-order valence-corrected chi connectivity index (χ3v) is 5.33. The molecule has 0 atom stereocenters. The molecule has 0 radical (unpaired) electrons. The maximum Gasteiger partial charge on any atom is 0.247 e. The molecule has 8 heteroatoms. The highest BCUT2D eigenvalue weighted by Crippen LogP contribution is 2.24. The van der Waals surface area contributed by atoms with Crippen LogP contribution < -0.4 is 5.32 Å². The van der Waals surface area contributed by atoms with Crippen LogP contribution >= 0.6 is 0 Å². The van der Waals surface area contributed by atoms with Crippen molar-refractivity contribution in [1.82, 2.24) is 14.6 Å². The Bertz CT molecular complexity index is 1280. The van der Waals surface area contributed by atoms with E-state index in [9.17, 15) is 13.2 Å². The van der Waals surface area contributed by atoms with Gasteiger partial charge in [0.2, 0.25) is 5.95 Å². The number of carbonyl (C=O) groups excluding carboxylic acids is 1. The topological polar surface area (TPSA) is 93.4 Å². The van der Waals surface area contributed by atoms with E-state index in [1.165, 1.54) is 6.26 Å². The highest BCUT2D eigenvalue weighted by atomic mass is 32.2. The van der Waals surface area contributed by atoms with Gasteiger partial charge >= 0.3 is 0 Å². The van der Waals surface area contributed by atoms with Gasteiger partial charge in [0.25, 0.3) is 0 Å². The first-order valence-electron chi connectivity index (χ1n) is 8.42. The molecule has 0 aliphatic rings. The summed E-state index contributed by atoms with van der Waals surface area (Å²) in [4.78, 5) is 15.5. The fourth-order valence-electron chi connectivity index (χ4n) is 2.84. The van der Waals surface area contributed by atoms with E-state index in [4.69, 9.17) is 0 Å².